The van der Waals surface area contributed by atoms with Crippen molar-refractivity contribution in [2.24, 2.45) is 0 Å². The molecular formula is C15H19BrN2O. The van der Waals surface area contributed by atoms with Gasteiger partial charge in [-0.2, -0.15) is 0 Å². The molecule has 2 bridgehead atoms. The molecule has 2 saturated heterocycles. The number of amides is 1. The average Bonchev–Trinajstić information content (AvgIpc) is 2.63. The van der Waals surface area contributed by atoms with Crippen LogP contribution in [0.25, 0.3) is 0 Å². The Hall–Kier alpha value is -0.870. The summed E-state index contributed by atoms with van der Waals surface area (Å²) in [6.45, 7) is 1.75. The number of rotatable bonds is 1. The van der Waals surface area contributed by atoms with Gasteiger partial charge >= 0.3 is 0 Å². The van der Waals surface area contributed by atoms with Gasteiger partial charge < -0.3 is 4.90 Å². The van der Waals surface area contributed by atoms with Crippen LogP contribution in [0, 0.1) is 0 Å². The molecule has 0 aliphatic carbocycles. The van der Waals surface area contributed by atoms with Gasteiger partial charge in [0.05, 0.1) is 5.56 Å². The highest BCUT2D eigenvalue weighted by Crippen LogP contribution is 2.29. The van der Waals surface area contributed by atoms with Gasteiger partial charge in [0.15, 0.2) is 0 Å². The van der Waals surface area contributed by atoms with Crippen LogP contribution in [0.2, 0.25) is 0 Å². The number of hydrogen-bond acceptors (Lipinski definition) is 2. The average molecular weight is 323 g/mol. The first-order valence-electron chi connectivity index (χ1n) is 6.92. The number of hydrogen-bond donors (Lipinski definition) is 0. The number of halogens is 1. The van der Waals surface area contributed by atoms with Crippen LogP contribution in [0.15, 0.2) is 28.7 Å². The maximum Gasteiger partial charge on any atom is 0.255 e. The molecule has 1 amide bonds. The van der Waals surface area contributed by atoms with Gasteiger partial charge in [0.2, 0.25) is 0 Å². The summed E-state index contributed by atoms with van der Waals surface area (Å²) in [5, 5.41) is 0. The molecule has 0 N–H and O–H groups in total. The van der Waals surface area contributed by atoms with E-state index in [-0.39, 0.29) is 5.91 Å². The largest absolute Gasteiger partial charge is 0.337 e. The van der Waals surface area contributed by atoms with Crippen molar-refractivity contribution in [2.75, 3.05) is 20.1 Å². The Bertz CT molecular complexity index is 491. The van der Waals surface area contributed by atoms with Crippen LogP contribution in [0.3, 0.4) is 0 Å². The molecule has 3 nitrogen and oxygen atoms in total. The molecule has 0 saturated carbocycles. The van der Waals surface area contributed by atoms with Gasteiger partial charge in [-0.25, -0.2) is 0 Å². The Labute approximate surface area is 122 Å². The second-order valence-corrected chi connectivity index (χ2v) is 6.42. The standard InChI is InChI=1S/C15H19BrN2O/c1-17-11-6-7-12(17)10-18(9-8-11)15(19)13-4-2-3-5-14(13)16/h2-5,11-12H,6-10H2,1H3. The normalized spacial score (nSPS) is 27.4. The lowest BCUT2D eigenvalue weighted by Crippen LogP contribution is -2.39. The topological polar surface area (TPSA) is 23.6 Å². The Kier molecular flexibility index (Phi) is 3.63. The summed E-state index contributed by atoms with van der Waals surface area (Å²) in [6.07, 6.45) is 3.61. The lowest BCUT2D eigenvalue weighted by atomic mass is 10.1. The molecule has 1 aromatic rings. The van der Waals surface area contributed by atoms with Crippen LogP contribution < -0.4 is 0 Å². The predicted octanol–water partition coefficient (Wildman–Crippen LogP) is 2.76. The van der Waals surface area contributed by atoms with Crippen molar-refractivity contribution in [1.29, 1.82) is 0 Å². The van der Waals surface area contributed by atoms with Gasteiger partial charge in [0.1, 0.15) is 0 Å². The Morgan fingerprint density at radius 1 is 1.21 bits per heavy atom. The molecule has 4 heteroatoms. The molecule has 2 atom stereocenters. The highest BCUT2D eigenvalue weighted by Gasteiger charge is 2.36. The van der Waals surface area contributed by atoms with Crippen LogP contribution in [0.1, 0.15) is 29.6 Å². The van der Waals surface area contributed by atoms with Crippen molar-refractivity contribution < 1.29 is 4.79 Å². The first-order valence-corrected chi connectivity index (χ1v) is 7.72. The van der Waals surface area contributed by atoms with Gasteiger partial charge in [-0.05, 0) is 54.4 Å². The minimum absolute atomic E-state index is 0.161. The predicted molar refractivity (Wildman–Crippen MR) is 79.2 cm³/mol. The minimum atomic E-state index is 0.161. The highest BCUT2D eigenvalue weighted by atomic mass is 79.9. The number of likely N-dealkylation sites (N-methyl/N-ethyl adjacent to an activating group) is 1. The lowest BCUT2D eigenvalue weighted by Gasteiger charge is -2.26. The van der Waals surface area contributed by atoms with Crippen molar-refractivity contribution in [3.63, 3.8) is 0 Å². The van der Waals surface area contributed by atoms with Crippen LogP contribution in [0.4, 0.5) is 0 Å². The summed E-state index contributed by atoms with van der Waals surface area (Å²) in [5.74, 6) is 0.161. The summed E-state index contributed by atoms with van der Waals surface area (Å²) in [7, 11) is 2.20. The molecule has 19 heavy (non-hydrogen) atoms. The molecule has 1 aromatic carbocycles. The van der Waals surface area contributed by atoms with E-state index in [9.17, 15) is 4.79 Å². The van der Waals surface area contributed by atoms with Crippen molar-refractivity contribution >= 4 is 21.8 Å². The van der Waals surface area contributed by atoms with Gasteiger partial charge in [0, 0.05) is 29.6 Å². The van der Waals surface area contributed by atoms with E-state index in [4.69, 9.17) is 0 Å². The van der Waals surface area contributed by atoms with E-state index in [1.165, 1.54) is 12.8 Å². The zero-order chi connectivity index (χ0) is 13.4. The molecule has 0 radical (unpaired) electrons. The molecule has 0 aromatic heterocycles. The van der Waals surface area contributed by atoms with E-state index in [0.717, 1.165) is 29.5 Å². The molecule has 2 aliphatic rings. The van der Waals surface area contributed by atoms with Crippen LogP contribution in [-0.2, 0) is 0 Å². The zero-order valence-electron chi connectivity index (χ0n) is 11.2. The van der Waals surface area contributed by atoms with Crippen LogP contribution in [-0.4, -0.2) is 47.9 Å². The maximum atomic E-state index is 12.6. The van der Waals surface area contributed by atoms with E-state index in [1.807, 2.05) is 29.2 Å². The molecular weight excluding hydrogens is 304 g/mol. The molecule has 2 aliphatic heterocycles. The second-order valence-electron chi connectivity index (χ2n) is 5.57. The third kappa shape index (κ3) is 2.43. The first-order chi connectivity index (χ1) is 9.16. The van der Waals surface area contributed by atoms with Crippen LogP contribution >= 0.6 is 15.9 Å². The van der Waals surface area contributed by atoms with Crippen LogP contribution in [0.5, 0.6) is 0 Å². The minimum Gasteiger partial charge on any atom is -0.337 e. The SMILES string of the molecule is CN1C2CCC1CN(C(=O)c1ccccc1Br)CC2. The second kappa shape index (κ2) is 5.25. The summed E-state index contributed by atoms with van der Waals surface area (Å²) < 4.78 is 0.891. The molecule has 102 valence electrons. The quantitative estimate of drug-likeness (QED) is 0.793. The lowest BCUT2D eigenvalue weighted by molar-refractivity contribution is 0.0739. The smallest absolute Gasteiger partial charge is 0.255 e. The Balaban J connectivity index is 1.80. The number of carbonyl (C=O) groups excluding carboxylic acids is 1. The summed E-state index contributed by atoms with van der Waals surface area (Å²) in [4.78, 5) is 17.1. The monoisotopic (exact) mass is 322 g/mol. The number of likely N-dealkylation sites (tertiary alicyclic amines) is 1. The van der Waals surface area contributed by atoms with Crippen molar-refractivity contribution in [3.05, 3.63) is 34.3 Å². The first kappa shape index (κ1) is 13.1. The molecule has 2 unspecified atom stereocenters. The summed E-state index contributed by atoms with van der Waals surface area (Å²) in [6, 6.07) is 8.91. The van der Waals surface area contributed by atoms with E-state index in [1.54, 1.807) is 0 Å². The van der Waals surface area contributed by atoms with E-state index in [0.29, 0.717) is 12.1 Å². The fourth-order valence-corrected chi connectivity index (χ4v) is 3.75. The number of benzene rings is 1. The van der Waals surface area contributed by atoms with Gasteiger partial charge in [0.25, 0.3) is 5.91 Å². The van der Waals surface area contributed by atoms with Gasteiger partial charge in [-0.15, -0.1) is 0 Å². The van der Waals surface area contributed by atoms with E-state index in [2.05, 4.69) is 27.9 Å². The van der Waals surface area contributed by atoms with Crippen molar-refractivity contribution in [2.45, 2.75) is 31.3 Å². The third-order valence-corrected chi connectivity index (χ3v) is 5.23. The molecule has 3 rings (SSSR count). The van der Waals surface area contributed by atoms with Gasteiger partial charge in [-0.1, -0.05) is 12.1 Å². The number of carbonyl (C=O) groups is 1. The summed E-state index contributed by atoms with van der Waals surface area (Å²) in [5.41, 5.74) is 0.780. The third-order valence-electron chi connectivity index (χ3n) is 4.54. The zero-order valence-corrected chi connectivity index (χ0v) is 12.8. The number of nitrogens with zero attached hydrogens (tertiary/aromatic N) is 2. The van der Waals surface area contributed by atoms with Crippen molar-refractivity contribution in [3.8, 4) is 0 Å². The Morgan fingerprint density at radius 3 is 2.74 bits per heavy atom. The molecule has 0 spiro atoms. The number of fused-ring (bicyclic) bond motifs is 2. The fraction of sp³-hybridized carbons (Fsp3) is 0.533. The van der Waals surface area contributed by atoms with Crippen molar-refractivity contribution in [1.82, 2.24) is 9.80 Å². The molecule has 2 heterocycles. The molecule has 2 fully saturated rings. The van der Waals surface area contributed by atoms with Gasteiger partial charge in [-0.3, -0.25) is 9.69 Å². The van der Waals surface area contributed by atoms with E-state index >= 15 is 0 Å². The summed E-state index contributed by atoms with van der Waals surface area (Å²) >= 11 is 3.48. The van der Waals surface area contributed by atoms with E-state index < -0.39 is 0 Å². The highest BCUT2D eigenvalue weighted by molar-refractivity contribution is 9.10. The Morgan fingerprint density at radius 2 is 1.95 bits per heavy atom. The maximum absolute atomic E-state index is 12.6. The fourth-order valence-electron chi connectivity index (χ4n) is 3.30.